The topological polar surface area (TPSA) is 46.9 Å². The maximum Gasteiger partial charge on any atom is 0.224 e. The van der Waals surface area contributed by atoms with Gasteiger partial charge in [0.2, 0.25) is 5.91 Å². The molecular formula is C36H54ClN3O. The molecule has 0 saturated carbocycles. The minimum atomic E-state index is 0.0352. The van der Waals surface area contributed by atoms with Gasteiger partial charge in [0.15, 0.2) is 0 Å². The van der Waals surface area contributed by atoms with Crippen LogP contribution in [0.5, 0.6) is 0 Å². The average Bonchev–Trinajstić information content (AvgIpc) is 3.33. The molecule has 0 unspecified atom stereocenters. The number of rotatable bonds is 23. The van der Waals surface area contributed by atoms with Crippen LogP contribution < -0.4 is 5.32 Å². The van der Waals surface area contributed by atoms with E-state index in [0.717, 1.165) is 43.3 Å². The number of amides is 1. The Morgan fingerprint density at radius 3 is 2.00 bits per heavy atom. The Morgan fingerprint density at radius 2 is 1.32 bits per heavy atom. The average molecular weight is 580 g/mol. The maximum absolute atomic E-state index is 12.3. The number of carbonyl (C=O) groups is 1. The number of hydrogen-bond acceptors (Lipinski definition) is 2. The fourth-order valence-corrected chi connectivity index (χ4v) is 5.92. The number of hydrogen-bond donors (Lipinski definition) is 1. The Labute approximate surface area is 254 Å². The van der Waals surface area contributed by atoms with Crippen molar-refractivity contribution in [1.29, 1.82) is 0 Å². The van der Waals surface area contributed by atoms with E-state index in [9.17, 15) is 4.79 Å². The lowest BCUT2D eigenvalue weighted by Gasteiger charge is -2.10. The number of aromatic nitrogens is 2. The van der Waals surface area contributed by atoms with Gasteiger partial charge < -0.3 is 9.88 Å². The molecule has 0 aliphatic heterocycles. The number of carbonyl (C=O) groups excluding carboxylic acids is 1. The SMILES string of the molecule is CCCCCCCCCCCCCCCCn1c(CCCCCNC(=O)Cc2ccccc2Cl)nc2ccccc21. The predicted octanol–water partition coefficient (Wildman–Crippen LogP) is 10.2. The molecule has 3 aromatic rings. The van der Waals surface area contributed by atoms with Crippen LogP contribution >= 0.6 is 11.6 Å². The molecule has 4 nitrogen and oxygen atoms in total. The number of para-hydroxylation sites is 2. The largest absolute Gasteiger partial charge is 0.356 e. The number of aryl methyl sites for hydroxylation is 2. The van der Waals surface area contributed by atoms with Gasteiger partial charge in [-0.3, -0.25) is 4.79 Å². The number of unbranched alkanes of at least 4 members (excludes halogenated alkanes) is 15. The summed E-state index contributed by atoms with van der Waals surface area (Å²) in [6.45, 7) is 4.06. The molecule has 1 amide bonds. The first-order valence-electron chi connectivity index (χ1n) is 16.6. The number of halogens is 1. The highest BCUT2D eigenvalue weighted by Crippen LogP contribution is 2.20. The number of benzene rings is 2. The molecule has 0 spiro atoms. The lowest BCUT2D eigenvalue weighted by Crippen LogP contribution is -2.26. The molecule has 0 bridgehead atoms. The molecule has 0 aliphatic rings. The second kappa shape index (κ2) is 20.5. The van der Waals surface area contributed by atoms with Crippen LogP contribution in [0.3, 0.4) is 0 Å². The van der Waals surface area contributed by atoms with Crippen molar-refractivity contribution in [2.75, 3.05) is 6.54 Å². The molecule has 3 rings (SSSR count). The van der Waals surface area contributed by atoms with Crippen molar-refractivity contribution in [2.24, 2.45) is 0 Å². The van der Waals surface area contributed by atoms with Crippen molar-refractivity contribution >= 4 is 28.5 Å². The summed E-state index contributed by atoms with van der Waals surface area (Å²) >= 11 is 6.18. The third kappa shape index (κ3) is 13.0. The van der Waals surface area contributed by atoms with E-state index in [4.69, 9.17) is 16.6 Å². The highest BCUT2D eigenvalue weighted by molar-refractivity contribution is 6.31. The summed E-state index contributed by atoms with van der Waals surface area (Å²) in [7, 11) is 0. The molecule has 1 heterocycles. The molecule has 0 aliphatic carbocycles. The van der Waals surface area contributed by atoms with Crippen LogP contribution in [0.4, 0.5) is 0 Å². The van der Waals surface area contributed by atoms with E-state index in [1.807, 2.05) is 24.3 Å². The molecule has 1 aromatic heterocycles. The van der Waals surface area contributed by atoms with Gasteiger partial charge >= 0.3 is 0 Å². The molecule has 0 saturated heterocycles. The number of nitrogens with one attached hydrogen (secondary N) is 1. The van der Waals surface area contributed by atoms with Crippen LogP contribution in [-0.4, -0.2) is 22.0 Å². The summed E-state index contributed by atoms with van der Waals surface area (Å²) in [5.41, 5.74) is 3.26. The van der Waals surface area contributed by atoms with E-state index in [1.54, 1.807) is 0 Å². The Balaban J connectivity index is 1.27. The lowest BCUT2D eigenvalue weighted by atomic mass is 10.0. The quantitative estimate of drug-likeness (QED) is 0.114. The molecule has 5 heteroatoms. The third-order valence-corrected chi connectivity index (χ3v) is 8.55. The van der Waals surface area contributed by atoms with Gasteiger partial charge in [-0.05, 0) is 43.0 Å². The van der Waals surface area contributed by atoms with E-state index in [0.29, 0.717) is 18.0 Å². The smallest absolute Gasteiger partial charge is 0.224 e. The Hall–Kier alpha value is -2.33. The zero-order chi connectivity index (χ0) is 29.0. The van der Waals surface area contributed by atoms with Crippen LogP contribution in [0.1, 0.15) is 127 Å². The zero-order valence-corrected chi connectivity index (χ0v) is 26.4. The van der Waals surface area contributed by atoms with Crippen LogP contribution in [0.25, 0.3) is 11.0 Å². The van der Waals surface area contributed by atoms with Gasteiger partial charge in [-0.25, -0.2) is 4.98 Å². The van der Waals surface area contributed by atoms with Crippen LogP contribution in [0, 0.1) is 0 Å². The second-order valence-corrected chi connectivity index (χ2v) is 12.1. The van der Waals surface area contributed by atoms with E-state index in [1.165, 1.54) is 101 Å². The van der Waals surface area contributed by atoms with Gasteiger partial charge in [-0.2, -0.15) is 0 Å². The minimum absolute atomic E-state index is 0.0352. The molecule has 0 atom stereocenters. The van der Waals surface area contributed by atoms with Crippen LogP contribution in [-0.2, 0) is 24.2 Å². The summed E-state index contributed by atoms with van der Waals surface area (Å²) in [5, 5.41) is 3.69. The van der Waals surface area contributed by atoms with Crippen molar-refractivity contribution in [3.63, 3.8) is 0 Å². The molecule has 0 fully saturated rings. The van der Waals surface area contributed by atoms with Crippen LogP contribution in [0.15, 0.2) is 48.5 Å². The molecule has 41 heavy (non-hydrogen) atoms. The summed E-state index contributed by atoms with van der Waals surface area (Å²) < 4.78 is 2.46. The van der Waals surface area contributed by atoms with Crippen molar-refractivity contribution in [2.45, 2.75) is 135 Å². The van der Waals surface area contributed by atoms with Crippen molar-refractivity contribution in [3.05, 3.63) is 64.9 Å². The first kappa shape index (κ1) is 33.2. The molecule has 0 radical (unpaired) electrons. The van der Waals surface area contributed by atoms with Gasteiger partial charge in [0.1, 0.15) is 5.82 Å². The highest BCUT2D eigenvalue weighted by Gasteiger charge is 2.10. The first-order valence-corrected chi connectivity index (χ1v) is 17.0. The molecule has 226 valence electrons. The van der Waals surface area contributed by atoms with Gasteiger partial charge in [-0.1, -0.05) is 139 Å². The van der Waals surface area contributed by atoms with Crippen molar-refractivity contribution in [3.8, 4) is 0 Å². The normalized spacial score (nSPS) is 11.4. The van der Waals surface area contributed by atoms with E-state index >= 15 is 0 Å². The molecular weight excluding hydrogens is 526 g/mol. The third-order valence-electron chi connectivity index (χ3n) is 8.18. The Kier molecular flexibility index (Phi) is 16.6. The first-order chi connectivity index (χ1) is 20.2. The van der Waals surface area contributed by atoms with E-state index in [-0.39, 0.29) is 5.91 Å². The monoisotopic (exact) mass is 579 g/mol. The zero-order valence-electron chi connectivity index (χ0n) is 25.6. The lowest BCUT2D eigenvalue weighted by molar-refractivity contribution is -0.120. The fourth-order valence-electron chi connectivity index (χ4n) is 5.72. The van der Waals surface area contributed by atoms with Gasteiger partial charge in [0.25, 0.3) is 0 Å². The highest BCUT2D eigenvalue weighted by atomic mass is 35.5. The summed E-state index contributed by atoms with van der Waals surface area (Å²) in [6.07, 6.45) is 23.9. The number of fused-ring (bicyclic) bond motifs is 1. The van der Waals surface area contributed by atoms with Crippen molar-refractivity contribution in [1.82, 2.24) is 14.9 Å². The number of imidazole rings is 1. The predicted molar refractivity (Wildman–Crippen MR) is 176 cm³/mol. The second-order valence-electron chi connectivity index (χ2n) is 11.7. The minimum Gasteiger partial charge on any atom is -0.356 e. The Morgan fingerprint density at radius 1 is 0.732 bits per heavy atom. The Bertz CT molecular complexity index is 1120. The number of nitrogens with zero attached hydrogens (tertiary/aromatic N) is 2. The molecule has 1 N–H and O–H groups in total. The van der Waals surface area contributed by atoms with Gasteiger partial charge in [0.05, 0.1) is 17.5 Å². The van der Waals surface area contributed by atoms with Gasteiger partial charge in [0, 0.05) is 24.5 Å². The van der Waals surface area contributed by atoms with E-state index < -0.39 is 0 Å². The van der Waals surface area contributed by atoms with Crippen LogP contribution in [0.2, 0.25) is 5.02 Å². The van der Waals surface area contributed by atoms with E-state index in [2.05, 4.69) is 41.1 Å². The molecule has 2 aromatic carbocycles. The van der Waals surface area contributed by atoms with Gasteiger partial charge in [-0.15, -0.1) is 0 Å². The standard InChI is InChI=1S/C36H54ClN3O/c1-2-3-4-5-6-7-8-9-10-11-12-13-14-22-29-40-34-26-20-19-25-33(34)39-35(40)27-16-15-21-28-38-36(41)30-31-23-17-18-24-32(31)37/h17-20,23-26H,2-16,21-22,27-30H2,1H3,(H,38,41). The maximum atomic E-state index is 12.3. The summed E-state index contributed by atoms with van der Waals surface area (Å²) in [5.74, 6) is 1.25. The fraction of sp³-hybridized carbons (Fsp3) is 0.611. The van der Waals surface area contributed by atoms with Crippen molar-refractivity contribution < 1.29 is 4.79 Å². The summed E-state index contributed by atoms with van der Waals surface area (Å²) in [6, 6.07) is 16.1. The summed E-state index contributed by atoms with van der Waals surface area (Å²) in [4.78, 5) is 17.2.